The molecule has 1 unspecified atom stereocenters. The first-order chi connectivity index (χ1) is 8.45. The van der Waals surface area contributed by atoms with Gasteiger partial charge in [-0.1, -0.05) is 41.0 Å². The Morgan fingerprint density at radius 2 is 2.06 bits per heavy atom. The fraction of sp³-hybridized carbons (Fsp3) is 0.562. The van der Waals surface area contributed by atoms with Gasteiger partial charge in [0.1, 0.15) is 0 Å². The van der Waals surface area contributed by atoms with E-state index >= 15 is 0 Å². The van der Waals surface area contributed by atoms with Gasteiger partial charge in [-0.05, 0) is 41.5 Å². The molecule has 2 nitrogen and oxygen atoms in total. The fourth-order valence-electron chi connectivity index (χ4n) is 2.68. The van der Waals surface area contributed by atoms with E-state index in [1.165, 1.54) is 29.6 Å². The number of hydrogen-bond donors (Lipinski definition) is 0. The van der Waals surface area contributed by atoms with E-state index in [9.17, 15) is 0 Å². The topological polar surface area (TPSA) is 17.3 Å². The van der Waals surface area contributed by atoms with Gasteiger partial charge >= 0.3 is 0 Å². The fourth-order valence-corrected chi connectivity index (χ4v) is 2.68. The zero-order valence-electron chi connectivity index (χ0n) is 12.2. The summed E-state index contributed by atoms with van der Waals surface area (Å²) in [6.45, 7) is 11.4. The Labute approximate surface area is 110 Å². The molecule has 0 aliphatic rings. The van der Waals surface area contributed by atoms with Crippen molar-refractivity contribution >= 4 is 5.52 Å². The molecule has 0 N–H and O–H groups in total. The molecule has 0 bridgehead atoms. The van der Waals surface area contributed by atoms with Crippen LogP contribution >= 0.6 is 0 Å². The summed E-state index contributed by atoms with van der Waals surface area (Å²) in [4.78, 5) is 0. The van der Waals surface area contributed by atoms with E-state index in [1.54, 1.807) is 0 Å². The molecular formula is C16H24N2. The lowest BCUT2D eigenvalue weighted by molar-refractivity contribution is 0.551. The average molecular weight is 244 g/mol. The van der Waals surface area contributed by atoms with Crippen molar-refractivity contribution in [2.75, 3.05) is 0 Å². The van der Waals surface area contributed by atoms with Gasteiger partial charge in [-0.25, -0.2) is 4.52 Å². The minimum Gasteiger partial charge on any atom is -0.237 e. The van der Waals surface area contributed by atoms with Crippen LogP contribution in [-0.2, 0) is 5.41 Å². The van der Waals surface area contributed by atoms with Gasteiger partial charge in [0.25, 0.3) is 0 Å². The molecule has 0 fully saturated rings. The lowest BCUT2D eigenvalue weighted by atomic mass is 9.83. The highest BCUT2D eigenvalue weighted by Crippen LogP contribution is 2.34. The smallest absolute Gasteiger partial charge is 0.0653 e. The highest BCUT2D eigenvalue weighted by Gasteiger charge is 2.24. The van der Waals surface area contributed by atoms with Crippen LogP contribution < -0.4 is 0 Å². The van der Waals surface area contributed by atoms with Gasteiger partial charge in [0.05, 0.1) is 5.52 Å². The third-order valence-corrected chi connectivity index (χ3v) is 3.57. The van der Waals surface area contributed by atoms with Crippen LogP contribution in [0.1, 0.15) is 64.6 Å². The molecule has 2 aromatic rings. The molecule has 0 radical (unpaired) electrons. The molecule has 0 spiro atoms. The Morgan fingerprint density at radius 1 is 1.33 bits per heavy atom. The van der Waals surface area contributed by atoms with Gasteiger partial charge in [-0.15, -0.1) is 0 Å². The predicted octanol–water partition coefficient (Wildman–Crippen LogP) is 4.54. The molecule has 0 saturated carbocycles. The number of fused-ring (bicyclic) bond motifs is 1. The molecule has 98 valence electrons. The Hall–Kier alpha value is -1.31. The minimum absolute atomic E-state index is 0.172. The summed E-state index contributed by atoms with van der Waals surface area (Å²) in [6, 6.07) is 6.45. The summed E-state index contributed by atoms with van der Waals surface area (Å²) in [5.74, 6) is 0.557. The van der Waals surface area contributed by atoms with Crippen molar-refractivity contribution in [2.45, 2.75) is 58.8 Å². The Kier molecular flexibility index (Phi) is 3.47. The number of hydrogen-bond acceptors (Lipinski definition) is 1. The zero-order chi connectivity index (χ0) is 13.3. The Morgan fingerprint density at radius 3 is 2.67 bits per heavy atom. The molecule has 2 aromatic heterocycles. The minimum atomic E-state index is 0.172. The molecule has 2 heteroatoms. The second kappa shape index (κ2) is 4.75. The van der Waals surface area contributed by atoms with Crippen LogP contribution in [0.25, 0.3) is 5.52 Å². The number of nitrogens with zero attached hydrogens (tertiary/aromatic N) is 2. The maximum Gasteiger partial charge on any atom is 0.0653 e. The second-order valence-corrected chi connectivity index (χ2v) is 6.24. The van der Waals surface area contributed by atoms with E-state index < -0.39 is 0 Å². The maximum absolute atomic E-state index is 4.54. The highest BCUT2D eigenvalue weighted by atomic mass is 15.2. The molecule has 1 atom stereocenters. The first-order valence-corrected chi connectivity index (χ1v) is 6.92. The van der Waals surface area contributed by atoms with Crippen LogP contribution in [0.15, 0.2) is 24.4 Å². The van der Waals surface area contributed by atoms with E-state index in [-0.39, 0.29) is 5.41 Å². The normalized spacial score (nSPS) is 14.1. The van der Waals surface area contributed by atoms with Gasteiger partial charge in [0.15, 0.2) is 0 Å². The monoisotopic (exact) mass is 244 g/mol. The summed E-state index contributed by atoms with van der Waals surface area (Å²) >= 11 is 0. The maximum atomic E-state index is 4.54. The first-order valence-electron chi connectivity index (χ1n) is 6.92. The van der Waals surface area contributed by atoms with Crippen LogP contribution in [0.3, 0.4) is 0 Å². The van der Waals surface area contributed by atoms with Crippen molar-refractivity contribution in [2.24, 2.45) is 0 Å². The molecule has 0 saturated heterocycles. The molecule has 2 rings (SSSR count). The van der Waals surface area contributed by atoms with Crippen LogP contribution in [0, 0.1) is 0 Å². The largest absolute Gasteiger partial charge is 0.237 e. The van der Waals surface area contributed by atoms with Crippen LogP contribution in [-0.4, -0.2) is 9.61 Å². The van der Waals surface area contributed by atoms with Crippen LogP contribution in [0.5, 0.6) is 0 Å². The third kappa shape index (κ3) is 2.29. The lowest BCUT2D eigenvalue weighted by Crippen LogP contribution is -2.15. The summed E-state index contributed by atoms with van der Waals surface area (Å²) in [7, 11) is 0. The second-order valence-electron chi connectivity index (χ2n) is 6.24. The average Bonchev–Trinajstić information content (AvgIpc) is 2.68. The van der Waals surface area contributed by atoms with E-state index in [1.807, 2.05) is 12.3 Å². The van der Waals surface area contributed by atoms with E-state index in [4.69, 9.17) is 0 Å². The van der Waals surface area contributed by atoms with E-state index in [0.717, 1.165) is 0 Å². The van der Waals surface area contributed by atoms with Gasteiger partial charge < -0.3 is 0 Å². The summed E-state index contributed by atoms with van der Waals surface area (Å²) in [5.41, 5.74) is 4.20. The third-order valence-electron chi connectivity index (χ3n) is 3.57. The molecule has 2 heterocycles. The van der Waals surface area contributed by atoms with E-state index in [2.05, 4.69) is 56.4 Å². The summed E-state index contributed by atoms with van der Waals surface area (Å²) in [6.07, 6.45) is 4.30. The number of rotatable bonds is 3. The Bertz CT molecular complexity index is 532. The molecule has 0 aromatic carbocycles. The molecule has 0 amide bonds. The van der Waals surface area contributed by atoms with Gasteiger partial charge in [-0.2, -0.15) is 5.10 Å². The standard InChI is InChI=1S/C16H24N2/c1-6-8-12(2)15-14(16(3,4)5)11-13-9-7-10-17-18(13)15/h7,9-12H,6,8H2,1-5H3. The molecule has 0 aliphatic heterocycles. The summed E-state index contributed by atoms with van der Waals surface area (Å²) < 4.78 is 2.13. The van der Waals surface area contributed by atoms with E-state index in [0.29, 0.717) is 5.92 Å². The molecular weight excluding hydrogens is 220 g/mol. The van der Waals surface area contributed by atoms with Crippen molar-refractivity contribution in [3.05, 3.63) is 35.7 Å². The van der Waals surface area contributed by atoms with Crippen molar-refractivity contribution in [1.29, 1.82) is 0 Å². The summed E-state index contributed by atoms with van der Waals surface area (Å²) in [5, 5.41) is 4.54. The lowest BCUT2D eigenvalue weighted by Gasteiger charge is -2.22. The van der Waals surface area contributed by atoms with Gasteiger partial charge in [0, 0.05) is 11.9 Å². The zero-order valence-corrected chi connectivity index (χ0v) is 12.2. The van der Waals surface area contributed by atoms with Crippen molar-refractivity contribution in [3.8, 4) is 0 Å². The predicted molar refractivity (Wildman–Crippen MR) is 77.2 cm³/mol. The number of aromatic nitrogens is 2. The van der Waals surface area contributed by atoms with Crippen LogP contribution in [0.4, 0.5) is 0 Å². The Balaban J connectivity index is 2.65. The van der Waals surface area contributed by atoms with Crippen molar-refractivity contribution < 1.29 is 0 Å². The highest BCUT2D eigenvalue weighted by molar-refractivity contribution is 5.54. The first kappa shape index (κ1) is 13.1. The molecule has 18 heavy (non-hydrogen) atoms. The quantitative estimate of drug-likeness (QED) is 0.775. The SMILES string of the molecule is CCCC(C)c1c(C(C)(C)C)cc2cccnn12. The van der Waals surface area contributed by atoms with Crippen molar-refractivity contribution in [3.63, 3.8) is 0 Å². The van der Waals surface area contributed by atoms with Gasteiger partial charge in [0.2, 0.25) is 0 Å². The molecule has 0 aliphatic carbocycles. The van der Waals surface area contributed by atoms with Gasteiger partial charge in [-0.3, -0.25) is 0 Å². The van der Waals surface area contributed by atoms with Crippen LogP contribution in [0.2, 0.25) is 0 Å². The van der Waals surface area contributed by atoms with Crippen molar-refractivity contribution in [1.82, 2.24) is 9.61 Å².